The first kappa shape index (κ1) is 16.3. The third kappa shape index (κ3) is 2.95. The van der Waals surface area contributed by atoms with Gasteiger partial charge in [0.25, 0.3) is 0 Å². The van der Waals surface area contributed by atoms with Gasteiger partial charge in [-0.3, -0.25) is 9.59 Å². The van der Waals surface area contributed by atoms with Crippen LogP contribution in [-0.2, 0) is 9.59 Å². The van der Waals surface area contributed by atoms with E-state index in [2.05, 4.69) is 27.7 Å². The average Bonchev–Trinajstić information content (AvgIpc) is 2.93. The van der Waals surface area contributed by atoms with Crippen LogP contribution in [0.4, 0.5) is 0 Å². The fourth-order valence-corrected chi connectivity index (χ4v) is 4.07. The van der Waals surface area contributed by atoms with Gasteiger partial charge < -0.3 is 9.80 Å². The van der Waals surface area contributed by atoms with Gasteiger partial charge in [0, 0.05) is 24.2 Å². The molecule has 0 saturated carbocycles. The molecule has 2 amide bonds. The Morgan fingerprint density at radius 1 is 0.810 bits per heavy atom. The van der Waals surface area contributed by atoms with Gasteiger partial charge in [0.05, 0.1) is 0 Å². The molecule has 0 unspecified atom stereocenters. The summed E-state index contributed by atoms with van der Waals surface area (Å²) < 4.78 is 0. The Morgan fingerprint density at radius 3 is 1.33 bits per heavy atom. The van der Waals surface area contributed by atoms with Gasteiger partial charge in [-0.1, -0.05) is 6.92 Å². The van der Waals surface area contributed by atoms with Crippen molar-refractivity contribution in [1.82, 2.24) is 9.80 Å². The zero-order chi connectivity index (χ0) is 15.7. The first-order chi connectivity index (χ1) is 9.88. The van der Waals surface area contributed by atoms with Crippen molar-refractivity contribution in [1.29, 1.82) is 0 Å². The number of carbonyl (C=O) groups is 2. The molecule has 0 aromatic rings. The molecule has 0 aliphatic carbocycles. The lowest BCUT2D eigenvalue weighted by Gasteiger charge is -2.34. The summed E-state index contributed by atoms with van der Waals surface area (Å²) in [5.74, 6) is -0.395. The zero-order valence-electron chi connectivity index (χ0n) is 14.1. The quantitative estimate of drug-likeness (QED) is 0.751. The van der Waals surface area contributed by atoms with E-state index < -0.39 is 5.92 Å². The molecular weight excluding hydrogens is 264 g/mol. The molecule has 0 bridgehead atoms. The van der Waals surface area contributed by atoms with Crippen LogP contribution in [0.3, 0.4) is 0 Å². The number of carbonyl (C=O) groups excluding carboxylic acids is 2. The fraction of sp³-hybridized carbons (Fsp3) is 0.882. The molecule has 4 nitrogen and oxygen atoms in total. The average molecular weight is 294 g/mol. The maximum Gasteiger partial charge on any atom is 0.235 e. The molecule has 2 fully saturated rings. The number of hydrogen-bond acceptors (Lipinski definition) is 2. The number of hydrogen-bond donors (Lipinski definition) is 0. The van der Waals surface area contributed by atoms with Crippen LogP contribution in [0.1, 0.15) is 66.7 Å². The Kier molecular flexibility index (Phi) is 4.95. The minimum atomic E-state index is -0.490. The molecule has 2 aliphatic rings. The van der Waals surface area contributed by atoms with Crippen LogP contribution in [0.2, 0.25) is 0 Å². The van der Waals surface area contributed by atoms with Gasteiger partial charge in [0.15, 0.2) is 0 Å². The topological polar surface area (TPSA) is 40.6 Å². The molecule has 0 spiro atoms. The Hall–Kier alpha value is -1.06. The first-order valence-corrected chi connectivity index (χ1v) is 8.52. The Balaban J connectivity index is 2.15. The number of likely N-dealkylation sites (tertiary alicyclic amines) is 2. The van der Waals surface area contributed by atoms with Gasteiger partial charge in [0.2, 0.25) is 11.8 Å². The highest BCUT2D eigenvalue weighted by Gasteiger charge is 2.42. The molecule has 120 valence electrons. The minimum Gasteiger partial charge on any atom is -0.337 e. The molecule has 4 heteroatoms. The highest BCUT2D eigenvalue weighted by atomic mass is 16.2. The van der Waals surface area contributed by atoms with Crippen molar-refractivity contribution in [2.75, 3.05) is 0 Å². The first-order valence-electron chi connectivity index (χ1n) is 8.52. The molecule has 2 aliphatic heterocycles. The molecule has 4 atom stereocenters. The van der Waals surface area contributed by atoms with E-state index in [1.807, 2.05) is 16.7 Å². The SMILES string of the molecule is CCC(C(=O)N1[C@H](C)CC[C@H]1C)C(=O)N1[C@H](C)CC[C@H]1C. The maximum atomic E-state index is 12.9. The summed E-state index contributed by atoms with van der Waals surface area (Å²) in [6.45, 7) is 10.3. The van der Waals surface area contributed by atoms with E-state index in [0.29, 0.717) is 6.42 Å². The second kappa shape index (κ2) is 6.37. The Bertz CT molecular complexity index is 354. The number of nitrogens with zero attached hydrogens (tertiary/aromatic N) is 2. The minimum absolute atomic E-state index is 0.0475. The summed E-state index contributed by atoms with van der Waals surface area (Å²) >= 11 is 0. The Labute approximate surface area is 128 Å². The predicted octanol–water partition coefficient (Wildman–Crippen LogP) is 2.81. The highest BCUT2D eigenvalue weighted by Crippen LogP contribution is 2.30. The summed E-state index contributed by atoms with van der Waals surface area (Å²) in [6.07, 6.45) is 4.80. The van der Waals surface area contributed by atoms with Crippen molar-refractivity contribution in [2.45, 2.75) is 90.9 Å². The van der Waals surface area contributed by atoms with Crippen molar-refractivity contribution < 1.29 is 9.59 Å². The van der Waals surface area contributed by atoms with Crippen LogP contribution < -0.4 is 0 Å². The maximum absolute atomic E-state index is 12.9. The monoisotopic (exact) mass is 294 g/mol. The van der Waals surface area contributed by atoms with E-state index in [-0.39, 0.29) is 36.0 Å². The summed E-state index contributed by atoms with van der Waals surface area (Å²) in [5, 5.41) is 0. The third-order valence-corrected chi connectivity index (χ3v) is 5.42. The standard InChI is InChI=1S/C17H30N2O2/c1-6-15(16(20)18-11(2)7-8-12(18)3)17(21)19-13(4)9-10-14(19)5/h11-15H,6-10H2,1-5H3/t11-,12-,13-,14-/m1/s1. The molecule has 0 radical (unpaired) electrons. The van der Waals surface area contributed by atoms with Gasteiger partial charge in [-0.2, -0.15) is 0 Å². The fourth-order valence-electron chi connectivity index (χ4n) is 4.07. The van der Waals surface area contributed by atoms with Crippen LogP contribution in [0.15, 0.2) is 0 Å². The van der Waals surface area contributed by atoms with Gasteiger partial charge in [-0.05, 0) is 59.8 Å². The predicted molar refractivity (Wildman–Crippen MR) is 83.8 cm³/mol. The van der Waals surface area contributed by atoms with Crippen molar-refractivity contribution in [3.8, 4) is 0 Å². The molecule has 0 aromatic carbocycles. The van der Waals surface area contributed by atoms with Crippen molar-refractivity contribution in [3.63, 3.8) is 0 Å². The van der Waals surface area contributed by atoms with E-state index in [4.69, 9.17) is 0 Å². The van der Waals surface area contributed by atoms with E-state index >= 15 is 0 Å². The number of amides is 2. The molecule has 0 N–H and O–H groups in total. The van der Waals surface area contributed by atoms with E-state index in [1.165, 1.54) is 0 Å². The molecule has 0 aromatic heterocycles. The lowest BCUT2D eigenvalue weighted by Crippen LogP contribution is -2.50. The normalized spacial score (nSPS) is 33.0. The van der Waals surface area contributed by atoms with Crippen LogP contribution in [0.25, 0.3) is 0 Å². The largest absolute Gasteiger partial charge is 0.337 e. The lowest BCUT2D eigenvalue weighted by molar-refractivity contribution is -0.150. The van der Waals surface area contributed by atoms with Gasteiger partial charge in [0.1, 0.15) is 5.92 Å². The van der Waals surface area contributed by atoms with Crippen LogP contribution >= 0.6 is 0 Å². The summed E-state index contributed by atoms with van der Waals surface area (Å²) in [5.41, 5.74) is 0. The third-order valence-electron chi connectivity index (χ3n) is 5.42. The number of rotatable bonds is 3. The van der Waals surface area contributed by atoms with Crippen LogP contribution in [-0.4, -0.2) is 45.8 Å². The summed E-state index contributed by atoms with van der Waals surface area (Å²) in [6, 6.07) is 1.07. The van der Waals surface area contributed by atoms with E-state index in [9.17, 15) is 9.59 Å². The summed E-state index contributed by atoms with van der Waals surface area (Å²) in [7, 11) is 0. The Morgan fingerprint density at radius 2 is 1.10 bits per heavy atom. The van der Waals surface area contributed by atoms with Crippen LogP contribution in [0.5, 0.6) is 0 Å². The smallest absolute Gasteiger partial charge is 0.235 e. The van der Waals surface area contributed by atoms with Crippen molar-refractivity contribution >= 4 is 11.8 Å². The van der Waals surface area contributed by atoms with E-state index in [0.717, 1.165) is 25.7 Å². The second-order valence-electron chi connectivity index (χ2n) is 7.00. The molecule has 2 heterocycles. The van der Waals surface area contributed by atoms with Gasteiger partial charge >= 0.3 is 0 Å². The van der Waals surface area contributed by atoms with Gasteiger partial charge in [-0.25, -0.2) is 0 Å². The summed E-state index contributed by atoms with van der Waals surface area (Å²) in [4.78, 5) is 29.7. The van der Waals surface area contributed by atoms with E-state index in [1.54, 1.807) is 0 Å². The second-order valence-corrected chi connectivity index (χ2v) is 7.00. The molecule has 2 saturated heterocycles. The molecule has 21 heavy (non-hydrogen) atoms. The molecular formula is C17H30N2O2. The highest BCUT2D eigenvalue weighted by molar-refractivity contribution is 6.00. The van der Waals surface area contributed by atoms with Crippen molar-refractivity contribution in [2.24, 2.45) is 5.92 Å². The zero-order valence-corrected chi connectivity index (χ0v) is 14.1. The van der Waals surface area contributed by atoms with Gasteiger partial charge in [-0.15, -0.1) is 0 Å². The lowest BCUT2D eigenvalue weighted by atomic mass is 10.0. The van der Waals surface area contributed by atoms with Crippen molar-refractivity contribution in [3.05, 3.63) is 0 Å². The van der Waals surface area contributed by atoms with Crippen LogP contribution in [0, 0.1) is 5.92 Å². The molecule has 2 rings (SSSR count).